The van der Waals surface area contributed by atoms with Gasteiger partial charge in [0, 0.05) is 46.8 Å². The third-order valence-electron chi connectivity index (χ3n) is 9.27. The van der Waals surface area contributed by atoms with Crippen molar-refractivity contribution in [1.29, 1.82) is 0 Å². The molecular formula is C44H27N3S3. The standard InChI is InChI=1S/C44H27N3S3/c1-2-11-28(12-3-1)33-15-4-5-17-36(33)43-45-44(50-46-43)31-13-10-14-32(25-31)47-37-18-7-9-20-40(37)49-41-24-22-29(26-38(41)47)30-21-23-35-34-16-6-8-19-39(34)48-42(35)27-30/h1-27H. The number of rotatable bonds is 5. The van der Waals surface area contributed by atoms with Gasteiger partial charge in [0.15, 0.2) is 5.82 Å². The van der Waals surface area contributed by atoms with Crippen molar-refractivity contribution < 1.29 is 0 Å². The van der Waals surface area contributed by atoms with Gasteiger partial charge in [-0.25, -0.2) is 4.98 Å². The van der Waals surface area contributed by atoms with Crippen LogP contribution in [0.1, 0.15) is 0 Å². The predicted molar refractivity (Wildman–Crippen MR) is 213 cm³/mol. The molecule has 0 saturated heterocycles. The van der Waals surface area contributed by atoms with Crippen LogP contribution in [0.4, 0.5) is 17.1 Å². The maximum absolute atomic E-state index is 5.09. The third kappa shape index (κ3) is 5.03. The van der Waals surface area contributed by atoms with Crippen LogP contribution in [-0.4, -0.2) is 9.36 Å². The molecule has 0 amide bonds. The molecule has 10 rings (SSSR count). The zero-order valence-corrected chi connectivity index (χ0v) is 29.1. The quantitative estimate of drug-likeness (QED) is 0.179. The summed E-state index contributed by atoms with van der Waals surface area (Å²) in [6, 6.07) is 58.7. The molecular weight excluding hydrogens is 667 g/mol. The largest absolute Gasteiger partial charge is 0.308 e. The molecule has 0 N–H and O–H groups in total. The molecule has 236 valence electrons. The highest BCUT2D eigenvalue weighted by Crippen LogP contribution is 2.52. The Morgan fingerprint density at radius 2 is 1.18 bits per heavy atom. The summed E-state index contributed by atoms with van der Waals surface area (Å²) >= 11 is 5.14. The fourth-order valence-corrected chi connectivity index (χ4v) is 9.75. The van der Waals surface area contributed by atoms with Crippen LogP contribution >= 0.6 is 34.6 Å². The fourth-order valence-electron chi connectivity index (χ4n) is 6.89. The third-order valence-corrected chi connectivity index (χ3v) is 12.3. The zero-order chi connectivity index (χ0) is 33.0. The highest BCUT2D eigenvalue weighted by molar-refractivity contribution is 7.99. The van der Waals surface area contributed by atoms with E-state index in [2.05, 4.69) is 163 Å². The Balaban J connectivity index is 1.05. The van der Waals surface area contributed by atoms with Crippen molar-refractivity contribution in [1.82, 2.24) is 9.36 Å². The Morgan fingerprint density at radius 3 is 2.12 bits per heavy atom. The van der Waals surface area contributed by atoms with E-state index in [4.69, 9.17) is 9.36 Å². The van der Waals surface area contributed by atoms with Crippen LogP contribution in [0.15, 0.2) is 174 Å². The molecule has 3 nitrogen and oxygen atoms in total. The summed E-state index contributed by atoms with van der Waals surface area (Å²) in [5.74, 6) is 0.750. The highest BCUT2D eigenvalue weighted by atomic mass is 32.2. The number of aromatic nitrogens is 2. The lowest BCUT2D eigenvalue weighted by molar-refractivity contribution is 1.17. The van der Waals surface area contributed by atoms with Gasteiger partial charge in [0.1, 0.15) is 5.01 Å². The minimum absolute atomic E-state index is 0.750. The molecule has 50 heavy (non-hydrogen) atoms. The molecule has 2 aromatic heterocycles. The lowest BCUT2D eigenvalue weighted by atomic mass is 9.99. The van der Waals surface area contributed by atoms with E-state index in [9.17, 15) is 0 Å². The molecule has 1 aliphatic heterocycles. The average Bonchev–Trinajstić information content (AvgIpc) is 3.83. The number of anilines is 3. The van der Waals surface area contributed by atoms with Crippen LogP contribution in [0.2, 0.25) is 0 Å². The second-order valence-corrected chi connectivity index (χ2v) is 15.2. The van der Waals surface area contributed by atoms with Crippen LogP contribution in [-0.2, 0) is 0 Å². The average molecular weight is 694 g/mol. The van der Waals surface area contributed by atoms with Crippen molar-refractivity contribution in [3.05, 3.63) is 164 Å². The first-order valence-corrected chi connectivity index (χ1v) is 18.9. The summed E-state index contributed by atoms with van der Waals surface area (Å²) in [5, 5.41) is 3.54. The van der Waals surface area contributed by atoms with Crippen molar-refractivity contribution in [3.8, 4) is 44.2 Å². The van der Waals surface area contributed by atoms with Gasteiger partial charge >= 0.3 is 0 Å². The number of para-hydroxylation sites is 1. The molecule has 0 atom stereocenters. The number of fused-ring (bicyclic) bond motifs is 5. The van der Waals surface area contributed by atoms with E-state index in [0.29, 0.717) is 0 Å². The lowest BCUT2D eigenvalue weighted by Gasteiger charge is -2.33. The molecule has 0 fully saturated rings. The predicted octanol–water partition coefficient (Wildman–Crippen LogP) is 13.5. The Morgan fingerprint density at radius 1 is 0.460 bits per heavy atom. The summed E-state index contributed by atoms with van der Waals surface area (Å²) in [4.78, 5) is 9.96. The van der Waals surface area contributed by atoms with Gasteiger partial charge in [-0.15, -0.1) is 11.3 Å². The SMILES string of the molecule is c1ccc(-c2ccccc2-c2nsc(-c3cccc(N4c5ccccc5Sc5ccc(-c6ccc7c(c6)sc6ccccc67)cc54)c3)n2)cc1. The van der Waals surface area contributed by atoms with Gasteiger partial charge < -0.3 is 4.90 Å². The maximum Gasteiger partial charge on any atom is 0.174 e. The normalized spacial score (nSPS) is 12.3. The van der Waals surface area contributed by atoms with E-state index < -0.39 is 0 Å². The van der Waals surface area contributed by atoms with Crippen molar-refractivity contribution in [2.45, 2.75) is 9.79 Å². The number of hydrogen-bond acceptors (Lipinski definition) is 6. The van der Waals surface area contributed by atoms with Gasteiger partial charge in [-0.3, -0.25) is 0 Å². The number of nitrogens with zero attached hydrogens (tertiary/aromatic N) is 3. The van der Waals surface area contributed by atoms with E-state index in [1.165, 1.54) is 64.0 Å². The highest BCUT2D eigenvalue weighted by Gasteiger charge is 2.26. The number of benzene rings is 7. The van der Waals surface area contributed by atoms with Gasteiger partial charge in [0.2, 0.25) is 0 Å². The summed E-state index contributed by atoms with van der Waals surface area (Å²) in [5.41, 5.74) is 10.2. The van der Waals surface area contributed by atoms with Gasteiger partial charge in [-0.1, -0.05) is 127 Å². The Bertz CT molecular complexity index is 2710. The lowest BCUT2D eigenvalue weighted by Crippen LogP contribution is -2.15. The maximum atomic E-state index is 5.09. The van der Waals surface area contributed by atoms with Crippen molar-refractivity contribution in [3.63, 3.8) is 0 Å². The Hall–Kier alpha value is -5.53. The molecule has 6 heteroatoms. The molecule has 0 spiro atoms. The molecule has 7 aromatic carbocycles. The molecule has 0 radical (unpaired) electrons. The van der Waals surface area contributed by atoms with Crippen LogP contribution in [0.25, 0.3) is 64.4 Å². The summed E-state index contributed by atoms with van der Waals surface area (Å²) < 4.78 is 7.50. The molecule has 3 heterocycles. The van der Waals surface area contributed by atoms with Gasteiger partial charge in [-0.2, -0.15) is 4.37 Å². The van der Waals surface area contributed by atoms with Gasteiger partial charge in [0.05, 0.1) is 11.4 Å². The van der Waals surface area contributed by atoms with Crippen molar-refractivity contribution in [2.75, 3.05) is 4.90 Å². The molecule has 9 aromatic rings. The first-order chi connectivity index (χ1) is 24.8. The first kappa shape index (κ1) is 29.4. The molecule has 0 bridgehead atoms. The summed E-state index contributed by atoms with van der Waals surface area (Å²) in [6.45, 7) is 0. The molecule has 0 aliphatic carbocycles. The minimum atomic E-state index is 0.750. The van der Waals surface area contributed by atoms with Crippen molar-refractivity contribution in [2.24, 2.45) is 0 Å². The Labute approximate surface area is 302 Å². The molecule has 0 unspecified atom stereocenters. The van der Waals surface area contributed by atoms with Crippen molar-refractivity contribution >= 4 is 71.9 Å². The van der Waals surface area contributed by atoms with Crippen LogP contribution in [0, 0.1) is 0 Å². The van der Waals surface area contributed by atoms with Gasteiger partial charge in [-0.05, 0) is 82.3 Å². The number of hydrogen-bond donors (Lipinski definition) is 0. The zero-order valence-electron chi connectivity index (χ0n) is 26.7. The topological polar surface area (TPSA) is 29.0 Å². The first-order valence-electron chi connectivity index (χ1n) is 16.5. The second kappa shape index (κ2) is 12.1. The summed E-state index contributed by atoms with van der Waals surface area (Å²) in [7, 11) is 0. The van der Waals surface area contributed by atoms with E-state index in [1.54, 1.807) is 0 Å². The number of thiophene rings is 1. The van der Waals surface area contributed by atoms with E-state index >= 15 is 0 Å². The smallest absolute Gasteiger partial charge is 0.174 e. The monoisotopic (exact) mass is 693 g/mol. The molecule has 0 saturated carbocycles. The fraction of sp³-hybridized carbons (Fsp3) is 0. The summed E-state index contributed by atoms with van der Waals surface area (Å²) in [6.07, 6.45) is 0. The van der Waals surface area contributed by atoms with Gasteiger partial charge in [0.25, 0.3) is 0 Å². The van der Waals surface area contributed by atoms with Crippen LogP contribution < -0.4 is 4.90 Å². The molecule has 1 aliphatic rings. The van der Waals surface area contributed by atoms with Crippen LogP contribution in [0.5, 0.6) is 0 Å². The van der Waals surface area contributed by atoms with E-state index in [-0.39, 0.29) is 0 Å². The minimum Gasteiger partial charge on any atom is -0.308 e. The van der Waals surface area contributed by atoms with Crippen LogP contribution in [0.3, 0.4) is 0 Å². The van der Waals surface area contributed by atoms with E-state index in [1.807, 2.05) is 29.2 Å². The Kier molecular flexibility index (Phi) is 7.12. The second-order valence-electron chi connectivity index (χ2n) is 12.3. The van der Waals surface area contributed by atoms with E-state index in [0.717, 1.165) is 38.8 Å².